The Morgan fingerprint density at radius 2 is 2.05 bits per heavy atom. The quantitative estimate of drug-likeness (QED) is 0.441. The van der Waals surface area contributed by atoms with Crippen LogP contribution in [0.2, 0.25) is 0 Å². The number of carboxylic acids is 1. The lowest BCUT2D eigenvalue weighted by molar-refractivity contribution is -0.142. The minimum Gasteiger partial charge on any atom is -0.481 e. The molecular weight excluding hydrogens is 323 g/mol. The molecule has 0 spiro atoms. The summed E-state index contributed by atoms with van der Waals surface area (Å²) < 4.78 is 15.0. The van der Waals surface area contributed by atoms with E-state index in [-0.39, 0.29) is 5.92 Å². The van der Waals surface area contributed by atoms with Crippen LogP contribution >= 0.6 is 23.4 Å². The molecule has 1 aliphatic rings. The van der Waals surface area contributed by atoms with Gasteiger partial charge in [-0.3, -0.25) is 4.79 Å². The van der Waals surface area contributed by atoms with Gasteiger partial charge in [-0.15, -0.1) is 0 Å². The standard InChI is InChI=1S/C17H28ClFO2S/c1-3-5-6-7-10-17(12-14(18)22-16(17)19)11-8-9-13(4-2)15(20)21/h12-13,16H,3-11H2,1-2H3,(H,20,21). The molecule has 0 aliphatic carbocycles. The van der Waals surface area contributed by atoms with Crippen LogP contribution in [0.25, 0.3) is 0 Å². The minimum absolute atomic E-state index is 0.316. The molecule has 0 fully saturated rings. The SMILES string of the molecule is CCCCCCC1(CCCC(CC)C(=O)O)C=C(Cl)SC1F. The molecule has 0 bridgehead atoms. The Labute approximate surface area is 142 Å². The molecule has 128 valence electrons. The number of hydrogen-bond acceptors (Lipinski definition) is 2. The molecule has 0 aromatic carbocycles. The Balaban J connectivity index is 2.58. The van der Waals surface area contributed by atoms with Crippen LogP contribution in [0.3, 0.4) is 0 Å². The third-order valence-corrected chi connectivity index (χ3v) is 6.00. The maximum absolute atomic E-state index is 14.5. The van der Waals surface area contributed by atoms with Crippen molar-refractivity contribution in [1.82, 2.24) is 0 Å². The van der Waals surface area contributed by atoms with Gasteiger partial charge in [0.05, 0.1) is 10.3 Å². The van der Waals surface area contributed by atoms with Crippen molar-refractivity contribution in [2.24, 2.45) is 11.3 Å². The van der Waals surface area contributed by atoms with Crippen LogP contribution in [0.4, 0.5) is 4.39 Å². The highest BCUT2D eigenvalue weighted by molar-refractivity contribution is 8.05. The molecule has 3 unspecified atom stereocenters. The first kappa shape index (κ1) is 19.8. The second kappa shape index (κ2) is 9.82. The van der Waals surface area contributed by atoms with Crippen LogP contribution in [0, 0.1) is 11.3 Å². The van der Waals surface area contributed by atoms with E-state index in [1.54, 1.807) is 0 Å². The highest BCUT2D eigenvalue weighted by atomic mass is 35.5. The summed E-state index contributed by atoms with van der Waals surface area (Å²) in [6, 6.07) is 0. The first-order chi connectivity index (χ1) is 10.4. The number of alkyl halides is 1. The van der Waals surface area contributed by atoms with Crippen molar-refractivity contribution in [3.8, 4) is 0 Å². The largest absolute Gasteiger partial charge is 0.481 e. The fourth-order valence-electron chi connectivity index (χ4n) is 3.10. The molecule has 1 heterocycles. The zero-order valence-electron chi connectivity index (χ0n) is 13.6. The molecule has 1 rings (SSSR count). The lowest BCUT2D eigenvalue weighted by Gasteiger charge is -2.30. The van der Waals surface area contributed by atoms with Gasteiger partial charge in [-0.25, -0.2) is 4.39 Å². The fourth-order valence-corrected chi connectivity index (χ4v) is 4.59. The monoisotopic (exact) mass is 350 g/mol. The summed E-state index contributed by atoms with van der Waals surface area (Å²) in [4.78, 5) is 11.1. The number of carbonyl (C=O) groups is 1. The maximum atomic E-state index is 14.5. The van der Waals surface area contributed by atoms with Crippen LogP contribution in [-0.4, -0.2) is 16.6 Å². The lowest BCUT2D eigenvalue weighted by atomic mass is 9.78. The Morgan fingerprint density at radius 3 is 2.55 bits per heavy atom. The molecule has 0 saturated carbocycles. The van der Waals surface area contributed by atoms with Crippen molar-refractivity contribution in [3.63, 3.8) is 0 Å². The molecular formula is C17H28ClFO2S. The molecule has 0 amide bonds. The van der Waals surface area contributed by atoms with Crippen molar-refractivity contribution < 1.29 is 14.3 Å². The van der Waals surface area contributed by atoms with Crippen molar-refractivity contribution >= 4 is 29.3 Å². The second-order valence-corrected chi connectivity index (χ2v) is 7.98. The first-order valence-corrected chi connectivity index (χ1v) is 9.62. The van der Waals surface area contributed by atoms with Gasteiger partial charge in [0.25, 0.3) is 0 Å². The molecule has 0 aromatic heterocycles. The number of unbranched alkanes of at least 4 members (excludes halogenated alkanes) is 3. The van der Waals surface area contributed by atoms with Gasteiger partial charge in [-0.05, 0) is 31.8 Å². The van der Waals surface area contributed by atoms with Crippen LogP contribution in [-0.2, 0) is 4.79 Å². The number of aliphatic carboxylic acids is 1. The number of halogens is 2. The van der Waals surface area contributed by atoms with Crippen molar-refractivity contribution in [1.29, 1.82) is 0 Å². The lowest BCUT2D eigenvalue weighted by Crippen LogP contribution is -2.26. The van der Waals surface area contributed by atoms with Crippen LogP contribution in [0.1, 0.15) is 71.6 Å². The molecule has 22 heavy (non-hydrogen) atoms. The van der Waals surface area contributed by atoms with Gasteiger partial charge in [0, 0.05) is 5.41 Å². The third-order valence-electron chi connectivity index (χ3n) is 4.60. The zero-order chi connectivity index (χ0) is 16.6. The van der Waals surface area contributed by atoms with E-state index in [9.17, 15) is 9.18 Å². The van der Waals surface area contributed by atoms with E-state index in [0.717, 1.165) is 43.9 Å². The van der Waals surface area contributed by atoms with E-state index in [1.807, 2.05) is 13.0 Å². The summed E-state index contributed by atoms with van der Waals surface area (Å²) in [5.41, 5.74) is -1.49. The molecule has 1 N–H and O–H groups in total. The van der Waals surface area contributed by atoms with E-state index in [4.69, 9.17) is 16.7 Å². The fraction of sp³-hybridized carbons (Fsp3) is 0.824. The predicted octanol–water partition coefficient (Wildman–Crippen LogP) is 6.35. The third kappa shape index (κ3) is 5.77. The van der Waals surface area contributed by atoms with E-state index < -0.39 is 16.9 Å². The van der Waals surface area contributed by atoms with Gasteiger partial charge in [0.2, 0.25) is 0 Å². The number of allylic oxidation sites excluding steroid dienone is 1. The highest BCUT2D eigenvalue weighted by Crippen LogP contribution is 2.53. The second-order valence-electron chi connectivity index (χ2n) is 6.26. The van der Waals surface area contributed by atoms with E-state index in [1.165, 1.54) is 6.42 Å². The van der Waals surface area contributed by atoms with Gasteiger partial charge in [0.1, 0.15) is 0 Å². The summed E-state index contributed by atoms with van der Waals surface area (Å²) in [5.74, 6) is -1.06. The van der Waals surface area contributed by atoms with E-state index >= 15 is 0 Å². The average molecular weight is 351 g/mol. The average Bonchev–Trinajstić information content (AvgIpc) is 2.74. The smallest absolute Gasteiger partial charge is 0.306 e. The number of thioether (sulfide) groups is 1. The minimum atomic E-state index is -0.994. The number of hydrogen-bond donors (Lipinski definition) is 1. The van der Waals surface area contributed by atoms with Crippen LogP contribution in [0.5, 0.6) is 0 Å². The van der Waals surface area contributed by atoms with Gasteiger partial charge in [-0.1, -0.05) is 69.3 Å². The van der Waals surface area contributed by atoms with E-state index in [2.05, 4.69) is 6.92 Å². The molecule has 0 radical (unpaired) electrons. The summed E-state index contributed by atoms with van der Waals surface area (Å²) in [5, 5.41) is 9.11. The zero-order valence-corrected chi connectivity index (χ0v) is 15.2. The predicted molar refractivity (Wildman–Crippen MR) is 92.9 cm³/mol. The Kier molecular flexibility index (Phi) is 8.85. The van der Waals surface area contributed by atoms with Gasteiger partial charge in [-0.2, -0.15) is 0 Å². The van der Waals surface area contributed by atoms with Crippen molar-refractivity contribution in [3.05, 3.63) is 10.4 Å². The number of carboxylic acid groups (broad SMARTS) is 1. The topological polar surface area (TPSA) is 37.3 Å². The molecule has 3 atom stereocenters. The summed E-state index contributed by atoms with van der Waals surface area (Å²) in [6.45, 7) is 4.05. The Morgan fingerprint density at radius 1 is 1.36 bits per heavy atom. The van der Waals surface area contributed by atoms with Gasteiger partial charge in [0.15, 0.2) is 5.50 Å². The first-order valence-electron chi connectivity index (χ1n) is 8.37. The van der Waals surface area contributed by atoms with Gasteiger partial charge >= 0.3 is 5.97 Å². The Bertz CT molecular complexity index is 389. The normalized spacial score (nSPS) is 26.0. The molecule has 5 heteroatoms. The van der Waals surface area contributed by atoms with Crippen molar-refractivity contribution in [2.45, 2.75) is 77.1 Å². The Hall–Kier alpha value is -0.220. The highest BCUT2D eigenvalue weighted by Gasteiger charge is 2.42. The number of rotatable bonds is 11. The molecule has 0 aromatic rings. The summed E-state index contributed by atoms with van der Waals surface area (Å²) in [7, 11) is 0. The molecule has 2 nitrogen and oxygen atoms in total. The summed E-state index contributed by atoms with van der Waals surface area (Å²) >= 11 is 7.15. The maximum Gasteiger partial charge on any atom is 0.306 e. The van der Waals surface area contributed by atoms with Crippen molar-refractivity contribution in [2.75, 3.05) is 0 Å². The summed E-state index contributed by atoms with van der Waals surface area (Å²) in [6.07, 6.45) is 9.82. The van der Waals surface area contributed by atoms with Crippen LogP contribution < -0.4 is 0 Å². The molecule has 1 aliphatic heterocycles. The van der Waals surface area contributed by atoms with Crippen LogP contribution in [0.15, 0.2) is 10.4 Å². The molecule has 0 saturated heterocycles. The van der Waals surface area contributed by atoms with Gasteiger partial charge < -0.3 is 5.11 Å². The van der Waals surface area contributed by atoms with E-state index in [0.29, 0.717) is 23.6 Å².